The molecule has 0 radical (unpaired) electrons. The van der Waals surface area contributed by atoms with E-state index in [1.54, 1.807) is 0 Å². The lowest BCUT2D eigenvalue weighted by molar-refractivity contribution is -0.123. The lowest BCUT2D eigenvalue weighted by Crippen LogP contribution is -2.45. The number of nitrogens with two attached hydrogens (primary N) is 1. The van der Waals surface area contributed by atoms with Gasteiger partial charge in [-0.25, -0.2) is 0 Å². The van der Waals surface area contributed by atoms with Gasteiger partial charge in [-0.1, -0.05) is 38.5 Å². The molecular weight excluding hydrogens is 250 g/mol. The molecule has 4 nitrogen and oxygen atoms in total. The van der Waals surface area contributed by atoms with Crippen LogP contribution in [0, 0.1) is 5.92 Å². The number of para-hydroxylation sites is 1. The Hall–Kier alpha value is -1.81. The van der Waals surface area contributed by atoms with Crippen molar-refractivity contribution in [1.29, 1.82) is 0 Å². The van der Waals surface area contributed by atoms with E-state index < -0.39 is 6.04 Å². The first-order valence-electron chi connectivity index (χ1n) is 7.21. The van der Waals surface area contributed by atoms with Gasteiger partial charge in [0, 0.05) is 23.6 Å². The molecule has 4 N–H and O–H groups in total. The van der Waals surface area contributed by atoms with E-state index in [9.17, 15) is 4.79 Å². The first kappa shape index (κ1) is 14.6. The van der Waals surface area contributed by atoms with Gasteiger partial charge >= 0.3 is 0 Å². The summed E-state index contributed by atoms with van der Waals surface area (Å²) in [6.07, 6.45) is 3.73. The van der Waals surface area contributed by atoms with E-state index >= 15 is 0 Å². The summed E-state index contributed by atoms with van der Waals surface area (Å²) in [5.74, 6) is 0.155. The molecule has 0 bridgehead atoms. The van der Waals surface area contributed by atoms with Gasteiger partial charge in [-0.3, -0.25) is 4.79 Å². The number of rotatable bonds is 6. The molecule has 1 heterocycles. The molecule has 0 spiro atoms. The Bertz CT molecular complexity index is 576. The third kappa shape index (κ3) is 3.20. The normalized spacial score (nSPS) is 14.2. The molecule has 0 aliphatic carbocycles. The maximum absolute atomic E-state index is 11.9. The van der Waals surface area contributed by atoms with Gasteiger partial charge in [-0.2, -0.15) is 0 Å². The van der Waals surface area contributed by atoms with Crippen LogP contribution < -0.4 is 11.1 Å². The predicted octanol–water partition coefficient (Wildman–Crippen LogP) is 2.20. The van der Waals surface area contributed by atoms with E-state index in [1.165, 1.54) is 10.9 Å². The van der Waals surface area contributed by atoms with Crippen LogP contribution >= 0.6 is 0 Å². The number of nitrogens with one attached hydrogen (secondary N) is 2. The number of aromatic nitrogens is 1. The highest BCUT2D eigenvalue weighted by Gasteiger charge is 2.18. The zero-order valence-corrected chi connectivity index (χ0v) is 12.1. The molecule has 1 amide bonds. The summed E-state index contributed by atoms with van der Waals surface area (Å²) in [4.78, 5) is 15.1. The van der Waals surface area contributed by atoms with Crippen LogP contribution in [0.15, 0.2) is 30.5 Å². The van der Waals surface area contributed by atoms with Gasteiger partial charge in [0.2, 0.25) is 5.91 Å². The topological polar surface area (TPSA) is 70.9 Å². The van der Waals surface area contributed by atoms with E-state index in [0.717, 1.165) is 18.4 Å². The van der Waals surface area contributed by atoms with Crippen molar-refractivity contribution in [3.05, 3.63) is 36.0 Å². The van der Waals surface area contributed by atoms with Crippen LogP contribution in [-0.4, -0.2) is 23.5 Å². The maximum atomic E-state index is 11.9. The highest BCUT2D eigenvalue weighted by atomic mass is 16.2. The van der Waals surface area contributed by atoms with E-state index in [4.69, 9.17) is 5.73 Å². The van der Waals surface area contributed by atoms with Crippen molar-refractivity contribution < 1.29 is 4.79 Å². The molecule has 108 valence electrons. The molecule has 20 heavy (non-hydrogen) atoms. The minimum absolute atomic E-state index is 0.0563. The monoisotopic (exact) mass is 273 g/mol. The molecule has 0 fully saturated rings. The number of H-pyrrole nitrogens is 1. The lowest BCUT2D eigenvalue weighted by atomic mass is 9.99. The molecule has 4 heteroatoms. The molecule has 0 saturated carbocycles. The Morgan fingerprint density at radius 1 is 1.40 bits per heavy atom. The number of benzene rings is 1. The minimum Gasteiger partial charge on any atom is -0.361 e. The average Bonchev–Trinajstić information content (AvgIpc) is 2.89. The van der Waals surface area contributed by atoms with Crippen molar-refractivity contribution >= 4 is 16.8 Å². The van der Waals surface area contributed by atoms with Crippen LogP contribution in [0.3, 0.4) is 0 Å². The smallest absolute Gasteiger partial charge is 0.237 e. The SMILES string of the molecule is CCC(C)C(N)C(=O)NCCc1c[nH]c2ccccc12. The second-order valence-corrected chi connectivity index (χ2v) is 5.31. The van der Waals surface area contributed by atoms with Gasteiger partial charge in [0.1, 0.15) is 0 Å². The summed E-state index contributed by atoms with van der Waals surface area (Å²) in [6, 6.07) is 7.76. The van der Waals surface area contributed by atoms with Crippen molar-refractivity contribution in [3.8, 4) is 0 Å². The van der Waals surface area contributed by atoms with Gasteiger partial charge in [0.25, 0.3) is 0 Å². The third-order valence-electron chi connectivity index (χ3n) is 3.93. The zero-order valence-electron chi connectivity index (χ0n) is 12.1. The minimum atomic E-state index is -0.414. The Labute approximate surface area is 119 Å². The highest BCUT2D eigenvalue weighted by Crippen LogP contribution is 2.17. The van der Waals surface area contributed by atoms with E-state index in [0.29, 0.717) is 6.54 Å². The number of hydrogen-bond acceptors (Lipinski definition) is 2. The van der Waals surface area contributed by atoms with Crippen molar-refractivity contribution in [3.63, 3.8) is 0 Å². The van der Waals surface area contributed by atoms with Crippen LogP contribution in [0.5, 0.6) is 0 Å². The van der Waals surface area contributed by atoms with Crippen LogP contribution in [-0.2, 0) is 11.2 Å². The summed E-state index contributed by atoms with van der Waals surface area (Å²) in [6.45, 7) is 4.67. The van der Waals surface area contributed by atoms with E-state index in [2.05, 4.69) is 22.4 Å². The number of aromatic amines is 1. The largest absolute Gasteiger partial charge is 0.361 e. The van der Waals surface area contributed by atoms with Gasteiger partial charge in [-0.05, 0) is 24.0 Å². The molecule has 0 saturated heterocycles. The summed E-state index contributed by atoms with van der Waals surface area (Å²) >= 11 is 0. The standard InChI is InChI=1S/C16H23N3O/c1-3-11(2)15(17)16(20)18-9-8-12-10-19-14-7-5-4-6-13(12)14/h4-7,10-11,15,19H,3,8-9,17H2,1-2H3,(H,18,20). The number of carbonyl (C=O) groups excluding carboxylic acids is 1. The molecule has 1 aromatic carbocycles. The summed E-state index contributed by atoms with van der Waals surface area (Å²) in [5.41, 5.74) is 8.25. The Morgan fingerprint density at radius 3 is 2.90 bits per heavy atom. The Morgan fingerprint density at radius 2 is 2.15 bits per heavy atom. The molecule has 0 aliphatic heterocycles. The fourth-order valence-electron chi connectivity index (χ4n) is 2.29. The second-order valence-electron chi connectivity index (χ2n) is 5.31. The maximum Gasteiger partial charge on any atom is 0.237 e. The zero-order chi connectivity index (χ0) is 14.5. The van der Waals surface area contributed by atoms with Crippen molar-refractivity contribution in [2.45, 2.75) is 32.7 Å². The highest BCUT2D eigenvalue weighted by molar-refractivity contribution is 5.83. The molecule has 2 unspecified atom stereocenters. The molecular formula is C16H23N3O. The summed E-state index contributed by atoms with van der Waals surface area (Å²) in [7, 11) is 0. The molecule has 2 atom stereocenters. The number of carbonyl (C=O) groups is 1. The quantitative estimate of drug-likeness (QED) is 0.755. The van der Waals surface area contributed by atoms with Crippen LogP contribution in [0.4, 0.5) is 0 Å². The first-order chi connectivity index (χ1) is 9.63. The molecule has 1 aromatic heterocycles. The van der Waals surface area contributed by atoms with Crippen LogP contribution in [0.25, 0.3) is 10.9 Å². The Balaban J connectivity index is 1.88. The van der Waals surface area contributed by atoms with Crippen LogP contribution in [0.1, 0.15) is 25.8 Å². The van der Waals surface area contributed by atoms with E-state index in [-0.39, 0.29) is 11.8 Å². The number of hydrogen-bond donors (Lipinski definition) is 3. The lowest BCUT2D eigenvalue weighted by Gasteiger charge is -2.17. The van der Waals surface area contributed by atoms with Crippen molar-refractivity contribution in [1.82, 2.24) is 10.3 Å². The molecule has 2 rings (SSSR count). The van der Waals surface area contributed by atoms with E-state index in [1.807, 2.05) is 32.2 Å². The molecule has 0 aliphatic rings. The second kappa shape index (κ2) is 6.57. The van der Waals surface area contributed by atoms with Crippen LogP contribution in [0.2, 0.25) is 0 Å². The third-order valence-corrected chi connectivity index (χ3v) is 3.93. The van der Waals surface area contributed by atoms with Gasteiger partial charge in [0.05, 0.1) is 6.04 Å². The summed E-state index contributed by atoms with van der Waals surface area (Å²) < 4.78 is 0. The summed E-state index contributed by atoms with van der Waals surface area (Å²) in [5, 5.41) is 4.14. The van der Waals surface area contributed by atoms with Gasteiger partial charge < -0.3 is 16.0 Å². The Kier molecular flexibility index (Phi) is 4.79. The number of fused-ring (bicyclic) bond motifs is 1. The fourth-order valence-corrected chi connectivity index (χ4v) is 2.29. The number of amides is 1. The van der Waals surface area contributed by atoms with Crippen molar-refractivity contribution in [2.75, 3.05) is 6.54 Å². The fraction of sp³-hybridized carbons (Fsp3) is 0.438. The predicted molar refractivity (Wildman–Crippen MR) is 82.4 cm³/mol. The first-order valence-corrected chi connectivity index (χ1v) is 7.21. The van der Waals surface area contributed by atoms with Gasteiger partial charge in [0.15, 0.2) is 0 Å². The molecule has 2 aromatic rings. The van der Waals surface area contributed by atoms with Crippen molar-refractivity contribution in [2.24, 2.45) is 11.7 Å². The van der Waals surface area contributed by atoms with Gasteiger partial charge in [-0.15, -0.1) is 0 Å². The average molecular weight is 273 g/mol.